The highest BCUT2D eigenvalue weighted by molar-refractivity contribution is 5.53. The van der Waals surface area contributed by atoms with Crippen LogP contribution >= 0.6 is 0 Å². The van der Waals surface area contributed by atoms with E-state index in [0.29, 0.717) is 29.9 Å². The third-order valence-electron chi connectivity index (χ3n) is 2.21. The highest BCUT2D eigenvalue weighted by atomic mass is 16.5. The second-order valence-electron chi connectivity index (χ2n) is 3.13. The Hall–Kier alpha value is -1.42. The monoisotopic (exact) mass is 212 g/mol. The number of aromatic hydroxyl groups is 1. The maximum atomic E-state index is 9.65. The molecule has 4 nitrogen and oxygen atoms in total. The standard InChI is InChI=1S/C11H16O4/c1-14-10-6-5-9(13)8(4-3-7-12)11(10)15-2/h5-6,12-13H,3-4,7H2,1-2H3. The maximum absolute atomic E-state index is 9.65. The third-order valence-corrected chi connectivity index (χ3v) is 2.21. The normalized spacial score (nSPS) is 10.1. The summed E-state index contributed by atoms with van der Waals surface area (Å²) in [6, 6.07) is 3.21. The first-order valence-electron chi connectivity index (χ1n) is 4.78. The number of hydrogen-bond donors (Lipinski definition) is 2. The van der Waals surface area contributed by atoms with Gasteiger partial charge in [-0.2, -0.15) is 0 Å². The first-order chi connectivity index (χ1) is 7.24. The molecule has 0 saturated heterocycles. The lowest BCUT2D eigenvalue weighted by atomic mass is 10.1. The van der Waals surface area contributed by atoms with Crippen LogP contribution in [0.4, 0.5) is 0 Å². The average Bonchev–Trinajstić information content (AvgIpc) is 2.27. The summed E-state index contributed by atoms with van der Waals surface area (Å²) in [7, 11) is 3.07. The van der Waals surface area contributed by atoms with Crippen molar-refractivity contribution in [3.05, 3.63) is 17.7 Å². The molecule has 2 N–H and O–H groups in total. The van der Waals surface area contributed by atoms with Crippen LogP contribution in [0, 0.1) is 0 Å². The van der Waals surface area contributed by atoms with Crippen LogP contribution in [-0.4, -0.2) is 31.0 Å². The number of phenols is 1. The van der Waals surface area contributed by atoms with Gasteiger partial charge < -0.3 is 19.7 Å². The van der Waals surface area contributed by atoms with Gasteiger partial charge in [-0.15, -0.1) is 0 Å². The number of phenolic OH excluding ortho intramolecular Hbond substituents is 1. The van der Waals surface area contributed by atoms with Crippen LogP contribution in [0.3, 0.4) is 0 Å². The summed E-state index contributed by atoms with van der Waals surface area (Å²) in [4.78, 5) is 0. The SMILES string of the molecule is COc1ccc(O)c(CCCO)c1OC. The van der Waals surface area contributed by atoms with Crippen molar-refractivity contribution in [2.75, 3.05) is 20.8 Å². The van der Waals surface area contributed by atoms with Crippen molar-refractivity contribution < 1.29 is 19.7 Å². The fraction of sp³-hybridized carbons (Fsp3) is 0.455. The van der Waals surface area contributed by atoms with Gasteiger partial charge in [-0.3, -0.25) is 0 Å². The zero-order valence-corrected chi connectivity index (χ0v) is 8.99. The van der Waals surface area contributed by atoms with Crippen molar-refractivity contribution >= 4 is 0 Å². The molecule has 0 aliphatic heterocycles. The highest BCUT2D eigenvalue weighted by Crippen LogP contribution is 2.37. The summed E-state index contributed by atoms with van der Waals surface area (Å²) in [5.74, 6) is 1.29. The molecule has 0 heterocycles. The van der Waals surface area contributed by atoms with Crippen LogP contribution < -0.4 is 9.47 Å². The second-order valence-corrected chi connectivity index (χ2v) is 3.13. The van der Waals surface area contributed by atoms with Crippen LogP contribution in [-0.2, 0) is 6.42 Å². The largest absolute Gasteiger partial charge is 0.508 e. The van der Waals surface area contributed by atoms with Gasteiger partial charge in [0.05, 0.1) is 14.2 Å². The summed E-state index contributed by atoms with van der Waals surface area (Å²) in [5, 5.41) is 18.4. The van der Waals surface area contributed by atoms with E-state index in [4.69, 9.17) is 14.6 Å². The Morgan fingerprint density at radius 3 is 2.47 bits per heavy atom. The Bertz CT molecular complexity index is 323. The van der Waals surface area contributed by atoms with Crippen LogP contribution in [0.25, 0.3) is 0 Å². The van der Waals surface area contributed by atoms with Crippen molar-refractivity contribution in [1.29, 1.82) is 0 Å². The van der Waals surface area contributed by atoms with Gasteiger partial charge in [-0.25, -0.2) is 0 Å². The number of ether oxygens (including phenoxy) is 2. The lowest BCUT2D eigenvalue weighted by molar-refractivity contribution is 0.286. The van der Waals surface area contributed by atoms with Crippen molar-refractivity contribution in [3.8, 4) is 17.2 Å². The van der Waals surface area contributed by atoms with E-state index in [1.807, 2.05) is 0 Å². The molecule has 1 aromatic carbocycles. The molecule has 84 valence electrons. The lowest BCUT2D eigenvalue weighted by Crippen LogP contribution is -1.98. The molecule has 0 aliphatic carbocycles. The van der Waals surface area contributed by atoms with Crippen LogP contribution in [0.1, 0.15) is 12.0 Å². The first-order valence-corrected chi connectivity index (χ1v) is 4.78. The number of aliphatic hydroxyl groups is 1. The van der Waals surface area contributed by atoms with E-state index in [9.17, 15) is 5.11 Å². The molecule has 15 heavy (non-hydrogen) atoms. The maximum Gasteiger partial charge on any atom is 0.167 e. The van der Waals surface area contributed by atoms with Crippen LogP contribution in [0.15, 0.2) is 12.1 Å². The summed E-state index contributed by atoms with van der Waals surface area (Å²) in [6.45, 7) is 0.0831. The van der Waals surface area contributed by atoms with E-state index in [1.165, 1.54) is 7.11 Å². The first kappa shape index (κ1) is 11.7. The van der Waals surface area contributed by atoms with E-state index in [1.54, 1.807) is 19.2 Å². The molecule has 0 unspecified atom stereocenters. The Morgan fingerprint density at radius 2 is 1.93 bits per heavy atom. The second kappa shape index (κ2) is 5.46. The Kier molecular flexibility index (Phi) is 4.24. The predicted octanol–water partition coefficient (Wildman–Crippen LogP) is 1.33. The molecule has 0 atom stereocenters. The number of rotatable bonds is 5. The quantitative estimate of drug-likeness (QED) is 0.773. The molecule has 4 heteroatoms. The van der Waals surface area contributed by atoms with Crippen molar-refractivity contribution in [3.63, 3.8) is 0 Å². The predicted molar refractivity (Wildman–Crippen MR) is 56.6 cm³/mol. The van der Waals surface area contributed by atoms with Crippen LogP contribution in [0.5, 0.6) is 17.2 Å². The number of aliphatic hydroxyl groups excluding tert-OH is 1. The van der Waals surface area contributed by atoms with Crippen molar-refractivity contribution in [2.45, 2.75) is 12.8 Å². The number of hydrogen-bond acceptors (Lipinski definition) is 4. The summed E-state index contributed by atoms with van der Waals surface area (Å²) >= 11 is 0. The van der Waals surface area contributed by atoms with Gasteiger partial charge in [0.25, 0.3) is 0 Å². The fourth-order valence-corrected chi connectivity index (χ4v) is 1.48. The Labute approximate surface area is 89.1 Å². The van der Waals surface area contributed by atoms with E-state index in [-0.39, 0.29) is 12.4 Å². The van der Waals surface area contributed by atoms with Gasteiger partial charge in [-0.05, 0) is 25.0 Å². The molecule has 0 spiro atoms. The average molecular weight is 212 g/mol. The van der Waals surface area contributed by atoms with E-state index >= 15 is 0 Å². The van der Waals surface area contributed by atoms with Crippen LogP contribution in [0.2, 0.25) is 0 Å². The minimum absolute atomic E-state index is 0.0831. The molecule has 0 amide bonds. The Balaban J connectivity index is 3.07. The lowest BCUT2D eigenvalue weighted by Gasteiger charge is -2.13. The molecule has 0 radical (unpaired) electrons. The summed E-state index contributed by atoms with van der Waals surface area (Å²) < 4.78 is 10.3. The zero-order valence-electron chi connectivity index (χ0n) is 8.99. The topological polar surface area (TPSA) is 58.9 Å². The zero-order chi connectivity index (χ0) is 11.3. The van der Waals surface area contributed by atoms with Crippen molar-refractivity contribution in [1.82, 2.24) is 0 Å². The summed E-state index contributed by atoms with van der Waals surface area (Å²) in [6.07, 6.45) is 1.14. The van der Waals surface area contributed by atoms with E-state index < -0.39 is 0 Å². The molecular formula is C11H16O4. The molecular weight excluding hydrogens is 196 g/mol. The third kappa shape index (κ3) is 2.53. The fourth-order valence-electron chi connectivity index (χ4n) is 1.48. The number of benzene rings is 1. The van der Waals surface area contributed by atoms with E-state index in [0.717, 1.165) is 0 Å². The molecule has 1 rings (SSSR count). The summed E-state index contributed by atoms with van der Waals surface area (Å²) in [5.41, 5.74) is 0.672. The highest BCUT2D eigenvalue weighted by Gasteiger charge is 2.13. The van der Waals surface area contributed by atoms with Crippen molar-refractivity contribution in [2.24, 2.45) is 0 Å². The van der Waals surface area contributed by atoms with Gasteiger partial charge in [0.2, 0.25) is 0 Å². The van der Waals surface area contributed by atoms with Gasteiger partial charge in [0, 0.05) is 12.2 Å². The molecule has 0 fully saturated rings. The molecule has 0 saturated carbocycles. The van der Waals surface area contributed by atoms with Gasteiger partial charge in [0.15, 0.2) is 11.5 Å². The molecule has 0 aliphatic rings. The minimum Gasteiger partial charge on any atom is -0.508 e. The molecule has 0 bridgehead atoms. The van der Waals surface area contributed by atoms with E-state index in [2.05, 4.69) is 0 Å². The molecule has 0 aromatic heterocycles. The van der Waals surface area contributed by atoms with Gasteiger partial charge >= 0.3 is 0 Å². The minimum atomic E-state index is 0.0831. The van der Waals surface area contributed by atoms with Gasteiger partial charge in [-0.1, -0.05) is 0 Å². The number of methoxy groups -OCH3 is 2. The smallest absolute Gasteiger partial charge is 0.167 e. The van der Waals surface area contributed by atoms with Gasteiger partial charge in [0.1, 0.15) is 5.75 Å². The molecule has 1 aromatic rings. The Morgan fingerprint density at radius 1 is 1.20 bits per heavy atom.